The van der Waals surface area contributed by atoms with E-state index < -0.39 is 23.4 Å². The minimum Gasteiger partial charge on any atom is -0.425 e. The molecule has 0 radical (unpaired) electrons. The molecule has 2 aromatic carbocycles. The first-order valence-electron chi connectivity index (χ1n) is 11.5. The van der Waals surface area contributed by atoms with Crippen LogP contribution in [0.25, 0.3) is 11.2 Å². The normalized spacial score (nSPS) is 11.6. The topological polar surface area (TPSA) is 93.2 Å². The molecule has 0 saturated carbocycles. The summed E-state index contributed by atoms with van der Waals surface area (Å²) in [6.45, 7) is 0.169. The SMILES string of the molecule is Cn1c(=O)c2c(nc(Oc3cccc(OC(F)(F)F)c3)n2Cc2ccc(Cl)cc2)n(Cc2ccncc2)c1=O. The Hall–Kier alpha value is -4.58. The zero-order chi connectivity index (χ0) is 27.7. The molecule has 39 heavy (non-hydrogen) atoms. The second-order valence-electron chi connectivity index (χ2n) is 8.49. The largest absolute Gasteiger partial charge is 0.573 e. The number of halogens is 4. The van der Waals surface area contributed by atoms with Gasteiger partial charge in [-0.05, 0) is 47.5 Å². The zero-order valence-corrected chi connectivity index (χ0v) is 21.0. The van der Waals surface area contributed by atoms with E-state index in [1.165, 1.54) is 28.3 Å². The first-order chi connectivity index (χ1) is 18.6. The van der Waals surface area contributed by atoms with Gasteiger partial charge in [-0.15, -0.1) is 13.2 Å². The third-order valence-corrected chi connectivity index (χ3v) is 6.04. The molecule has 0 aliphatic carbocycles. The van der Waals surface area contributed by atoms with Crippen molar-refractivity contribution in [3.05, 3.63) is 110 Å². The molecule has 13 heteroatoms. The van der Waals surface area contributed by atoms with Crippen molar-refractivity contribution in [3.63, 3.8) is 0 Å². The maximum Gasteiger partial charge on any atom is 0.573 e. The maximum atomic E-state index is 13.4. The van der Waals surface area contributed by atoms with E-state index in [0.717, 1.165) is 27.8 Å². The number of rotatable bonds is 7. The van der Waals surface area contributed by atoms with Crippen molar-refractivity contribution in [2.24, 2.45) is 7.05 Å². The predicted octanol–water partition coefficient (Wildman–Crippen LogP) is 4.73. The third-order valence-electron chi connectivity index (χ3n) is 5.79. The minimum atomic E-state index is -4.89. The quantitative estimate of drug-likeness (QED) is 0.287. The van der Waals surface area contributed by atoms with E-state index >= 15 is 0 Å². The van der Waals surface area contributed by atoms with Crippen molar-refractivity contribution < 1.29 is 22.6 Å². The molecular formula is C26H19ClF3N5O4. The van der Waals surface area contributed by atoms with Crippen LogP contribution in [0.4, 0.5) is 13.2 Å². The van der Waals surface area contributed by atoms with Crippen molar-refractivity contribution in [3.8, 4) is 17.5 Å². The highest BCUT2D eigenvalue weighted by atomic mass is 35.5. The molecule has 3 aromatic heterocycles. The molecule has 0 saturated heterocycles. The summed E-state index contributed by atoms with van der Waals surface area (Å²) in [4.78, 5) is 34.9. The van der Waals surface area contributed by atoms with Gasteiger partial charge in [-0.3, -0.25) is 23.5 Å². The van der Waals surface area contributed by atoms with E-state index in [1.807, 2.05) is 0 Å². The number of ether oxygens (including phenoxy) is 2. The van der Waals surface area contributed by atoms with E-state index in [1.54, 1.807) is 48.8 Å². The number of hydrogen-bond donors (Lipinski definition) is 0. The molecule has 0 unspecified atom stereocenters. The average molecular weight is 558 g/mol. The molecule has 5 aromatic rings. The molecule has 200 valence electrons. The van der Waals surface area contributed by atoms with Crippen LogP contribution in [-0.2, 0) is 20.1 Å². The summed E-state index contributed by atoms with van der Waals surface area (Å²) in [5, 5.41) is 0.509. The summed E-state index contributed by atoms with van der Waals surface area (Å²) in [5.41, 5.74) is 0.356. The summed E-state index contributed by atoms with van der Waals surface area (Å²) >= 11 is 6.02. The number of hydrogen-bond acceptors (Lipinski definition) is 6. The lowest BCUT2D eigenvalue weighted by atomic mass is 10.2. The van der Waals surface area contributed by atoms with Crippen LogP contribution < -0.4 is 20.7 Å². The Kier molecular flexibility index (Phi) is 6.87. The fourth-order valence-electron chi connectivity index (χ4n) is 3.99. The van der Waals surface area contributed by atoms with Gasteiger partial charge in [0.05, 0.1) is 13.1 Å². The van der Waals surface area contributed by atoms with Gasteiger partial charge in [0.1, 0.15) is 11.5 Å². The molecule has 3 heterocycles. The van der Waals surface area contributed by atoms with Crippen molar-refractivity contribution in [1.29, 1.82) is 0 Å². The Morgan fingerprint density at radius 1 is 0.897 bits per heavy atom. The Labute approximate surface area is 223 Å². The van der Waals surface area contributed by atoms with Crippen LogP contribution in [-0.4, -0.2) is 30.0 Å². The first kappa shape index (κ1) is 26.0. The monoisotopic (exact) mass is 557 g/mol. The number of imidazole rings is 1. The summed E-state index contributed by atoms with van der Waals surface area (Å²) in [6, 6.07) is 15.1. The molecule has 9 nitrogen and oxygen atoms in total. The molecule has 0 fully saturated rings. The standard InChI is InChI=1S/C26H19ClF3N5O4/c1-33-23(36)21-22(35(25(33)37)15-17-9-11-31-12-10-17)32-24(34(21)14-16-5-7-18(27)8-6-16)38-19-3-2-4-20(13-19)39-26(28,29)30/h2-13H,14-15H2,1H3. The highest BCUT2D eigenvalue weighted by Gasteiger charge is 2.31. The molecule has 0 atom stereocenters. The van der Waals surface area contributed by atoms with Crippen molar-refractivity contribution in [2.75, 3.05) is 0 Å². The molecule has 0 N–H and O–H groups in total. The Bertz CT molecular complexity index is 1760. The van der Waals surface area contributed by atoms with Crippen molar-refractivity contribution >= 4 is 22.8 Å². The van der Waals surface area contributed by atoms with Crippen LogP contribution in [0.15, 0.2) is 82.6 Å². The number of aromatic nitrogens is 5. The van der Waals surface area contributed by atoms with Gasteiger partial charge in [0.15, 0.2) is 11.2 Å². The Morgan fingerprint density at radius 3 is 2.23 bits per heavy atom. The van der Waals surface area contributed by atoms with Crippen LogP contribution in [0, 0.1) is 0 Å². The van der Waals surface area contributed by atoms with Crippen LogP contribution >= 0.6 is 11.6 Å². The maximum absolute atomic E-state index is 13.4. The zero-order valence-electron chi connectivity index (χ0n) is 20.2. The summed E-state index contributed by atoms with van der Waals surface area (Å²) < 4.78 is 51.9. The number of benzene rings is 2. The van der Waals surface area contributed by atoms with Gasteiger partial charge in [-0.2, -0.15) is 4.98 Å². The lowest BCUT2D eigenvalue weighted by molar-refractivity contribution is -0.274. The fraction of sp³-hybridized carbons (Fsp3) is 0.154. The van der Waals surface area contributed by atoms with Gasteiger partial charge in [0.25, 0.3) is 5.56 Å². The van der Waals surface area contributed by atoms with E-state index in [0.29, 0.717) is 5.02 Å². The van der Waals surface area contributed by atoms with E-state index in [9.17, 15) is 22.8 Å². The van der Waals surface area contributed by atoms with E-state index in [4.69, 9.17) is 16.3 Å². The summed E-state index contributed by atoms with van der Waals surface area (Å²) in [7, 11) is 1.35. The van der Waals surface area contributed by atoms with Crippen molar-refractivity contribution in [1.82, 2.24) is 23.7 Å². The molecule has 0 spiro atoms. The molecule has 0 bridgehead atoms. The Morgan fingerprint density at radius 2 is 1.54 bits per heavy atom. The number of fused-ring (bicyclic) bond motifs is 1. The van der Waals surface area contributed by atoms with E-state index in [-0.39, 0.29) is 36.0 Å². The molecule has 0 aliphatic heterocycles. The number of nitrogens with zero attached hydrogens (tertiary/aromatic N) is 5. The van der Waals surface area contributed by atoms with Gasteiger partial charge >= 0.3 is 18.1 Å². The molecule has 0 amide bonds. The average Bonchev–Trinajstić information content (AvgIpc) is 3.24. The predicted molar refractivity (Wildman–Crippen MR) is 136 cm³/mol. The number of alkyl halides is 3. The fourth-order valence-corrected chi connectivity index (χ4v) is 4.11. The summed E-state index contributed by atoms with van der Waals surface area (Å²) in [6.07, 6.45) is -1.75. The van der Waals surface area contributed by atoms with Gasteiger partial charge < -0.3 is 9.47 Å². The van der Waals surface area contributed by atoms with Gasteiger partial charge in [-0.1, -0.05) is 29.8 Å². The van der Waals surface area contributed by atoms with E-state index in [2.05, 4.69) is 14.7 Å². The van der Waals surface area contributed by atoms with Gasteiger partial charge in [0, 0.05) is 30.5 Å². The van der Waals surface area contributed by atoms with Crippen LogP contribution in [0.5, 0.6) is 17.5 Å². The lowest BCUT2D eigenvalue weighted by Crippen LogP contribution is -2.39. The first-order valence-corrected chi connectivity index (χ1v) is 11.8. The van der Waals surface area contributed by atoms with Crippen LogP contribution in [0.1, 0.15) is 11.1 Å². The lowest BCUT2D eigenvalue weighted by Gasteiger charge is -2.12. The highest BCUT2D eigenvalue weighted by molar-refractivity contribution is 6.30. The minimum absolute atomic E-state index is 0.0238. The summed E-state index contributed by atoms with van der Waals surface area (Å²) in [5.74, 6) is -0.518. The molecular weight excluding hydrogens is 539 g/mol. The highest BCUT2D eigenvalue weighted by Crippen LogP contribution is 2.30. The van der Waals surface area contributed by atoms with Crippen molar-refractivity contribution in [2.45, 2.75) is 19.5 Å². The Balaban J connectivity index is 1.68. The third kappa shape index (κ3) is 5.65. The second-order valence-corrected chi connectivity index (χ2v) is 8.93. The van der Waals surface area contributed by atoms with Gasteiger partial charge in [-0.25, -0.2) is 4.79 Å². The van der Waals surface area contributed by atoms with Crippen LogP contribution in [0.2, 0.25) is 5.02 Å². The molecule has 5 rings (SSSR count). The van der Waals surface area contributed by atoms with Crippen LogP contribution in [0.3, 0.4) is 0 Å². The second kappa shape index (κ2) is 10.3. The smallest absolute Gasteiger partial charge is 0.425 e. The molecule has 0 aliphatic rings. The van der Waals surface area contributed by atoms with Gasteiger partial charge in [0.2, 0.25) is 0 Å². The number of pyridine rings is 1.